The number of hydrogen-bond acceptors (Lipinski definition) is 3. The molecule has 0 aliphatic heterocycles. The quantitative estimate of drug-likeness (QED) is 0.835. The van der Waals surface area contributed by atoms with Gasteiger partial charge < -0.3 is 9.84 Å². The van der Waals surface area contributed by atoms with E-state index in [0.29, 0.717) is 0 Å². The molecule has 1 atom stereocenters. The molecule has 0 saturated carbocycles. The van der Waals surface area contributed by atoms with Crippen LogP contribution in [0.3, 0.4) is 0 Å². The molecule has 0 radical (unpaired) electrons. The van der Waals surface area contributed by atoms with Crippen molar-refractivity contribution >= 4 is 5.97 Å². The van der Waals surface area contributed by atoms with Crippen LogP contribution in [0.15, 0.2) is 24.3 Å². The van der Waals surface area contributed by atoms with E-state index < -0.39 is 23.8 Å². The van der Waals surface area contributed by atoms with Crippen LogP contribution in [-0.2, 0) is 15.7 Å². The summed E-state index contributed by atoms with van der Waals surface area (Å²) in [5.74, 6) is -0.685. The Kier molecular flexibility index (Phi) is 4.11. The van der Waals surface area contributed by atoms with Crippen molar-refractivity contribution in [2.45, 2.75) is 18.7 Å². The van der Waals surface area contributed by atoms with Crippen LogP contribution in [0.1, 0.15) is 23.7 Å². The van der Waals surface area contributed by atoms with Crippen molar-refractivity contribution in [3.8, 4) is 0 Å². The zero-order valence-electron chi connectivity index (χ0n) is 8.99. The fraction of sp³-hybridized carbons (Fsp3) is 0.364. The first-order chi connectivity index (χ1) is 7.84. The van der Waals surface area contributed by atoms with E-state index in [9.17, 15) is 23.1 Å². The third-order valence-corrected chi connectivity index (χ3v) is 2.19. The van der Waals surface area contributed by atoms with Gasteiger partial charge in [-0.25, -0.2) is 0 Å². The zero-order chi connectivity index (χ0) is 13.1. The summed E-state index contributed by atoms with van der Waals surface area (Å²) in [6, 6.07) is 4.21. The molecule has 0 bridgehead atoms. The number of halogens is 3. The number of aliphatic hydroxyl groups excluding tert-OH is 1. The summed E-state index contributed by atoms with van der Waals surface area (Å²) >= 11 is 0. The van der Waals surface area contributed by atoms with Gasteiger partial charge in [-0.15, -0.1) is 0 Å². The average Bonchev–Trinajstić information content (AvgIpc) is 2.28. The van der Waals surface area contributed by atoms with Gasteiger partial charge in [0.15, 0.2) is 0 Å². The number of carbonyl (C=O) groups excluding carboxylic acids is 1. The fourth-order valence-corrected chi connectivity index (χ4v) is 1.28. The highest BCUT2D eigenvalue weighted by molar-refractivity contribution is 5.70. The van der Waals surface area contributed by atoms with Crippen LogP contribution in [0, 0.1) is 0 Å². The van der Waals surface area contributed by atoms with Crippen molar-refractivity contribution in [1.29, 1.82) is 0 Å². The summed E-state index contributed by atoms with van der Waals surface area (Å²) in [6.07, 6.45) is -6.15. The second kappa shape index (κ2) is 5.18. The molecular formula is C11H11F3O3. The number of benzene rings is 1. The van der Waals surface area contributed by atoms with Gasteiger partial charge >= 0.3 is 12.1 Å². The van der Waals surface area contributed by atoms with Crippen LogP contribution in [0.2, 0.25) is 0 Å². The summed E-state index contributed by atoms with van der Waals surface area (Å²) in [7, 11) is 1.14. The number of aliphatic hydroxyl groups is 1. The number of methoxy groups -OCH3 is 1. The van der Waals surface area contributed by atoms with E-state index in [1.54, 1.807) is 0 Å². The van der Waals surface area contributed by atoms with Gasteiger partial charge in [-0.3, -0.25) is 4.79 Å². The summed E-state index contributed by atoms with van der Waals surface area (Å²) < 4.78 is 41.5. The molecule has 1 unspecified atom stereocenters. The maximum absolute atomic E-state index is 12.4. The number of carbonyl (C=O) groups is 1. The second-order valence-corrected chi connectivity index (χ2v) is 3.42. The highest BCUT2D eigenvalue weighted by atomic mass is 19.4. The number of rotatable bonds is 3. The van der Waals surface area contributed by atoms with Gasteiger partial charge in [0.25, 0.3) is 0 Å². The molecule has 3 nitrogen and oxygen atoms in total. The van der Waals surface area contributed by atoms with E-state index in [0.717, 1.165) is 19.2 Å². The summed E-state index contributed by atoms with van der Waals surface area (Å²) in [5, 5.41) is 9.54. The minimum Gasteiger partial charge on any atom is -0.469 e. The first-order valence-corrected chi connectivity index (χ1v) is 4.76. The Morgan fingerprint density at radius 1 is 1.47 bits per heavy atom. The topological polar surface area (TPSA) is 46.5 Å². The Labute approximate surface area is 95.8 Å². The zero-order valence-corrected chi connectivity index (χ0v) is 8.99. The SMILES string of the molecule is COC(=O)CC(O)c1cccc(C(F)(F)F)c1. The molecule has 1 aromatic carbocycles. The summed E-state index contributed by atoms with van der Waals surface area (Å²) in [6.45, 7) is 0. The van der Waals surface area contributed by atoms with Crippen LogP contribution in [0.4, 0.5) is 13.2 Å². The number of esters is 1. The molecule has 1 N–H and O–H groups in total. The molecule has 0 amide bonds. The number of alkyl halides is 3. The molecule has 1 rings (SSSR count). The Hall–Kier alpha value is -1.56. The second-order valence-electron chi connectivity index (χ2n) is 3.42. The molecule has 0 heterocycles. The van der Waals surface area contributed by atoms with Gasteiger partial charge in [-0.05, 0) is 17.7 Å². The first-order valence-electron chi connectivity index (χ1n) is 4.76. The predicted molar refractivity (Wildman–Crippen MR) is 53.0 cm³/mol. The molecule has 0 aromatic heterocycles. The van der Waals surface area contributed by atoms with Crippen LogP contribution >= 0.6 is 0 Å². The smallest absolute Gasteiger partial charge is 0.416 e. The van der Waals surface area contributed by atoms with Gasteiger partial charge in [-0.1, -0.05) is 12.1 Å². The number of hydrogen-bond donors (Lipinski definition) is 1. The lowest BCUT2D eigenvalue weighted by atomic mass is 10.0. The highest BCUT2D eigenvalue weighted by Crippen LogP contribution is 2.31. The van der Waals surface area contributed by atoms with Gasteiger partial charge in [0.2, 0.25) is 0 Å². The van der Waals surface area contributed by atoms with Crippen molar-refractivity contribution in [2.24, 2.45) is 0 Å². The molecule has 0 aliphatic rings. The molecule has 6 heteroatoms. The predicted octanol–water partition coefficient (Wildman–Crippen LogP) is 2.30. The minimum absolute atomic E-state index is 0.0326. The van der Waals surface area contributed by atoms with Crippen molar-refractivity contribution < 1.29 is 27.8 Å². The molecule has 94 valence electrons. The molecule has 0 spiro atoms. The van der Waals surface area contributed by atoms with E-state index in [1.165, 1.54) is 12.1 Å². The molecule has 0 aliphatic carbocycles. The van der Waals surface area contributed by atoms with Crippen molar-refractivity contribution in [3.05, 3.63) is 35.4 Å². The maximum Gasteiger partial charge on any atom is 0.416 e. The Bertz CT molecular complexity index is 401. The van der Waals surface area contributed by atoms with Crippen molar-refractivity contribution in [2.75, 3.05) is 7.11 Å². The Morgan fingerprint density at radius 3 is 2.65 bits per heavy atom. The van der Waals surface area contributed by atoms with Crippen LogP contribution in [0.5, 0.6) is 0 Å². The van der Waals surface area contributed by atoms with Gasteiger partial charge in [-0.2, -0.15) is 13.2 Å². The lowest BCUT2D eigenvalue weighted by Crippen LogP contribution is -2.10. The molecule has 0 fully saturated rings. The lowest BCUT2D eigenvalue weighted by molar-refractivity contribution is -0.142. The van der Waals surface area contributed by atoms with Gasteiger partial charge in [0, 0.05) is 0 Å². The largest absolute Gasteiger partial charge is 0.469 e. The molecule has 17 heavy (non-hydrogen) atoms. The van der Waals surface area contributed by atoms with E-state index in [-0.39, 0.29) is 12.0 Å². The molecular weight excluding hydrogens is 237 g/mol. The third kappa shape index (κ3) is 3.74. The summed E-state index contributed by atoms with van der Waals surface area (Å²) in [5.41, 5.74) is -0.829. The maximum atomic E-state index is 12.4. The lowest BCUT2D eigenvalue weighted by Gasteiger charge is -2.12. The van der Waals surface area contributed by atoms with E-state index in [4.69, 9.17) is 0 Å². The molecule has 0 saturated heterocycles. The van der Waals surface area contributed by atoms with Crippen LogP contribution in [-0.4, -0.2) is 18.2 Å². The first kappa shape index (κ1) is 13.5. The van der Waals surface area contributed by atoms with Crippen molar-refractivity contribution in [3.63, 3.8) is 0 Å². The number of ether oxygens (including phenoxy) is 1. The monoisotopic (exact) mass is 248 g/mol. The standard InChI is InChI=1S/C11H11F3O3/c1-17-10(16)6-9(15)7-3-2-4-8(5-7)11(12,13)14/h2-5,9,15H,6H2,1H3. The van der Waals surface area contributed by atoms with Crippen LogP contribution < -0.4 is 0 Å². The van der Waals surface area contributed by atoms with Gasteiger partial charge in [0.1, 0.15) is 0 Å². The van der Waals surface area contributed by atoms with Crippen molar-refractivity contribution in [1.82, 2.24) is 0 Å². The fourth-order valence-electron chi connectivity index (χ4n) is 1.28. The average molecular weight is 248 g/mol. The summed E-state index contributed by atoms with van der Waals surface area (Å²) in [4.78, 5) is 10.9. The Morgan fingerprint density at radius 2 is 2.12 bits per heavy atom. The van der Waals surface area contributed by atoms with Crippen LogP contribution in [0.25, 0.3) is 0 Å². The Balaban J connectivity index is 2.88. The van der Waals surface area contributed by atoms with E-state index in [2.05, 4.69) is 4.74 Å². The minimum atomic E-state index is -4.47. The van der Waals surface area contributed by atoms with E-state index in [1.807, 2.05) is 0 Å². The van der Waals surface area contributed by atoms with E-state index >= 15 is 0 Å². The third-order valence-electron chi connectivity index (χ3n) is 2.19. The highest BCUT2D eigenvalue weighted by Gasteiger charge is 2.31. The molecule has 1 aromatic rings. The van der Waals surface area contributed by atoms with Gasteiger partial charge in [0.05, 0.1) is 25.2 Å². The normalized spacial score (nSPS) is 13.2.